The molecule has 2 aliphatic heterocycles. The van der Waals surface area contributed by atoms with E-state index in [1.807, 2.05) is 36.0 Å². The lowest BCUT2D eigenvalue weighted by Gasteiger charge is -2.43. The van der Waals surface area contributed by atoms with Crippen molar-refractivity contribution in [1.29, 1.82) is 0 Å². The number of carbonyl (C=O) groups excluding carboxylic acids is 1. The highest BCUT2D eigenvalue weighted by atomic mass is 35.5. The number of thiazole rings is 1. The van der Waals surface area contributed by atoms with Crippen LogP contribution in [0.15, 0.2) is 29.6 Å². The molecular formula is C19H20ClNO2S2. The highest BCUT2D eigenvalue weighted by Gasteiger charge is 2.55. The lowest BCUT2D eigenvalue weighted by Crippen LogP contribution is -2.44. The molecule has 1 aromatic carbocycles. The van der Waals surface area contributed by atoms with Gasteiger partial charge >= 0.3 is 5.97 Å². The van der Waals surface area contributed by atoms with Crippen LogP contribution >= 0.6 is 34.7 Å². The van der Waals surface area contributed by atoms with Crippen LogP contribution in [-0.4, -0.2) is 27.1 Å². The van der Waals surface area contributed by atoms with Crippen LogP contribution in [0.25, 0.3) is 11.3 Å². The van der Waals surface area contributed by atoms with Gasteiger partial charge in [0.05, 0.1) is 18.0 Å². The fraction of sp³-hybridized carbons (Fsp3) is 0.474. The van der Waals surface area contributed by atoms with E-state index in [1.165, 1.54) is 0 Å². The number of hydrogen-bond donors (Lipinski definition) is 0. The third-order valence-electron chi connectivity index (χ3n) is 5.03. The van der Waals surface area contributed by atoms with Crippen LogP contribution in [0.1, 0.15) is 44.0 Å². The number of esters is 1. The predicted molar refractivity (Wildman–Crippen MR) is 105 cm³/mol. The molecule has 2 aromatic rings. The van der Waals surface area contributed by atoms with Crippen LogP contribution in [0.5, 0.6) is 0 Å². The summed E-state index contributed by atoms with van der Waals surface area (Å²) in [5.74, 6) is 0.994. The van der Waals surface area contributed by atoms with E-state index in [0.29, 0.717) is 6.42 Å². The minimum Gasteiger partial charge on any atom is -0.458 e. The number of thioether (sulfide) groups is 1. The van der Waals surface area contributed by atoms with Crippen molar-refractivity contribution in [3.8, 4) is 11.3 Å². The first-order valence-corrected chi connectivity index (χ1v) is 10.7. The largest absolute Gasteiger partial charge is 0.458 e. The zero-order chi connectivity index (χ0) is 17.7. The van der Waals surface area contributed by atoms with Crippen molar-refractivity contribution in [2.24, 2.45) is 0 Å². The average Bonchev–Trinajstić information content (AvgIpc) is 3.12. The molecule has 2 saturated heterocycles. The van der Waals surface area contributed by atoms with Crippen LogP contribution in [0.4, 0.5) is 0 Å². The Kier molecular flexibility index (Phi) is 4.37. The number of benzene rings is 1. The number of hydrogen-bond acceptors (Lipinski definition) is 5. The first-order chi connectivity index (χ1) is 11.9. The maximum absolute atomic E-state index is 12.2. The van der Waals surface area contributed by atoms with E-state index in [9.17, 15) is 4.79 Å². The molecule has 0 unspecified atom stereocenters. The number of aromatic nitrogens is 1. The number of ether oxygens (including phenoxy) is 1. The van der Waals surface area contributed by atoms with Gasteiger partial charge in [0, 0.05) is 27.1 Å². The van der Waals surface area contributed by atoms with Gasteiger partial charge in [0.2, 0.25) is 0 Å². The maximum atomic E-state index is 12.2. The summed E-state index contributed by atoms with van der Waals surface area (Å²) in [6, 6.07) is 7.71. The van der Waals surface area contributed by atoms with Gasteiger partial charge < -0.3 is 4.74 Å². The second-order valence-corrected chi connectivity index (χ2v) is 10.5. The van der Waals surface area contributed by atoms with E-state index in [0.717, 1.165) is 39.9 Å². The highest BCUT2D eigenvalue weighted by Crippen LogP contribution is 2.54. The van der Waals surface area contributed by atoms with Crippen molar-refractivity contribution < 1.29 is 9.53 Å². The summed E-state index contributed by atoms with van der Waals surface area (Å²) in [5.41, 5.74) is 1.60. The Morgan fingerprint density at radius 1 is 1.28 bits per heavy atom. The van der Waals surface area contributed by atoms with Crippen molar-refractivity contribution in [3.05, 3.63) is 39.7 Å². The molecule has 6 heteroatoms. The van der Waals surface area contributed by atoms with Gasteiger partial charge in [-0.05, 0) is 24.3 Å². The van der Waals surface area contributed by atoms with Gasteiger partial charge in [0.15, 0.2) is 0 Å². The van der Waals surface area contributed by atoms with E-state index in [4.69, 9.17) is 21.3 Å². The van der Waals surface area contributed by atoms with Crippen LogP contribution < -0.4 is 0 Å². The second kappa shape index (κ2) is 6.29. The molecule has 0 amide bonds. The summed E-state index contributed by atoms with van der Waals surface area (Å²) >= 11 is 9.57. The van der Waals surface area contributed by atoms with E-state index < -0.39 is 0 Å². The minimum absolute atomic E-state index is 0.0613. The zero-order valence-electron chi connectivity index (χ0n) is 14.3. The Morgan fingerprint density at radius 2 is 2.04 bits per heavy atom. The molecule has 25 heavy (non-hydrogen) atoms. The van der Waals surface area contributed by atoms with Crippen LogP contribution in [-0.2, 0) is 9.53 Å². The molecule has 1 spiro atoms. The minimum atomic E-state index is -0.388. The molecule has 3 nitrogen and oxygen atoms in total. The Labute approximate surface area is 161 Å². The average molecular weight is 394 g/mol. The lowest BCUT2D eigenvalue weighted by molar-refractivity contribution is -0.150. The van der Waals surface area contributed by atoms with Crippen LogP contribution in [0.3, 0.4) is 0 Å². The van der Waals surface area contributed by atoms with Crippen LogP contribution in [0.2, 0.25) is 5.02 Å². The van der Waals surface area contributed by atoms with Crippen molar-refractivity contribution in [1.82, 2.24) is 4.98 Å². The third kappa shape index (κ3) is 3.34. The first-order valence-electron chi connectivity index (χ1n) is 8.44. The molecular weight excluding hydrogens is 374 g/mol. The van der Waals surface area contributed by atoms with Gasteiger partial charge in [0.1, 0.15) is 10.6 Å². The number of carbonyl (C=O) groups is 1. The van der Waals surface area contributed by atoms with Gasteiger partial charge in [-0.25, -0.2) is 4.98 Å². The quantitative estimate of drug-likeness (QED) is 0.628. The van der Waals surface area contributed by atoms with E-state index >= 15 is 0 Å². The fourth-order valence-electron chi connectivity index (χ4n) is 3.95. The highest BCUT2D eigenvalue weighted by molar-refractivity contribution is 8.00. The molecule has 2 fully saturated rings. The van der Waals surface area contributed by atoms with Crippen molar-refractivity contribution >= 4 is 40.7 Å². The molecule has 3 heterocycles. The van der Waals surface area contributed by atoms with Crippen LogP contribution in [0, 0.1) is 0 Å². The van der Waals surface area contributed by atoms with Crippen molar-refractivity contribution in [2.45, 2.75) is 49.4 Å². The molecule has 132 valence electrons. The normalized spacial score (nSPS) is 28.3. The monoisotopic (exact) mass is 393 g/mol. The summed E-state index contributed by atoms with van der Waals surface area (Å²) in [6.45, 7) is 4.48. The molecule has 2 atom stereocenters. The topological polar surface area (TPSA) is 39.2 Å². The molecule has 0 N–H and O–H groups in total. The molecule has 0 radical (unpaired) electrons. The molecule has 1 aromatic heterocycles. The number of halogens is 1. The Bertz CT molecular complexity index is 802. The molecule has 4 rings (SSSR count). The standard InChI is InChI=1S/C19H20ClNO2S2/c1-18(2)11-19(7-8-25-18)14(9-16(22)23-19)17-21-15(10-24-17)12-3-5-13(20)6-4-12/h3-6,10,14H,7-9,11H2,1-2H3/t14-,19+/m0/s1. The van der Waals surface area contributed by atoms with E-state index in [1.54, 1.807) is 11.3 Å². The predicted octanol–water partition coefficient (Wildman–Crippen LogP) is 5.54. The molecule has 0 saturated carbocycles. The van der Waals surface area contributed by atoms with Gasteiger partial charge in [0.25, 0.3) is 0 Å². The van der Waals surface area contributed by atoms with E-state index in [2.05, 4.69) is 19.2 Å². The van der Waals surface area contributed by atoms with Crippen molar-refractivity contribution in [2.75, 3.05) is 5.75 Å². The summed E-state index contributed by atoms with van der Waals surface area (Å²) in [5, 5.41) is 3.80. The Morgan fingerprint density at radius 3 is 2.76 bits per heavy atom. The second-order valence-electron chi connectivity index (χ2n) is 7.41. The molecule has 2 aliphatic rings. The smallest absolute Gasteiger partial charge is 0.307 e. The Hall–Kier alpha value is -1.04. The van der Waals surface area contributed by atoms with E-state index in [-0.39, 0.29) is 22.2 Å². The van der Waals surface area contributed by atoms with Gasteiger partial charge in [-0.2, -0.15) is 11.8 Å². The third-order valence-corrected chi connectivity index (χ3v) is 7.57. The van der Waals surface area contributed by atoms with Crippen molar-refractivity contribution in [3.63, 3.8) is 0 Å². The van der Waals surface area contributed by atoms with Gasteiger partial charge in [-0.3, -0.25) is 4.79 Å². The summed E-state index contributed by atoms with van der Waals surface area (Å²) in [7, 11) is 0. The SMILES string of the molecule is CC1(C)C[C@@]2(CCS1)OC(=O)C[C@H]2c1nc(-c2ccc(Cl)cc2)cs1. The number of rotatable bonds is 2. The van der Waals surface area contributed by atoms with Gasteiger partial charge in [-0.1, -0.05) is 37.6 Å². The Balaban J connectivity index is 1.66. The molecule has 0 aliphatic carbocycles. The number of nitrogens with zero attached hydrogens (tertiary/aromatic N) is 1. The zero-order valence-corrected chi connectivity index (χ0v) is 16.6. The summed E-state index contributed by atoms with van der Waals surface area (Å²) in [4.78, 5) is 17.0. The van der Waals surface area contributed by atoms with Gasteiger partial charge in [-0.15, -0.1) is 11.3 Å². The lowest BCUT2D eigenvalue weighted by atomic mass is 9.78. The maximum Gasteiger partial charge on any atom is 0.307 e. The summed E-state index contributed by atoms with van der Waals surface area (Å²) in [6.07, 6.45) is 2.23. The molecule has 0 bridgehead atoms. The first kappa shape index (κ1) is 17.4. The summed E-state index contributed by atoms with van der Waals surface area (Å²) < 4.78 is 6.04. The fourth-order valence-corrected chi connectivity index (χ4v) is 6.46.